The Morgan fingerprint density at radius 1 is 0.911 bits per heavy atom. The number of benzene rings is 4. The van der Waals surface area contributed by atoms with Gasteiger partial charge in [-0.15, -0.1) is 0 Å². The third-order valence-electron chi connectivity index (χ3n) is 8.04. The predicted octanol–water partition coefficient (Wildman–Crippen LogP) is 6.60. The van der Waals surface area contributed by atoms with E-state index >= 15 is 0 Å². The van der Waals surface area contributed by atoms with E-state index in [2.05, 4.69) is 6.07 Å². The number of sulfone groups is 1. The van der Waals surface area contributed by atoms with E-state index < -0.39 is 15.8 Å². The lowest BCUT2D eigenvalue weighted by molar-refractivity contribution is -0.137. The lowest BCUT2D eigenvalue weighted by Gasteiger charge is -2.26. The number of carbonyl (C=O) groups is 2. The van der Waals surface area contributed by atoms with E-state index in [-0.39, 0.29) is 23.3 Å². The molecule has 0 fully saturated rings. The lowest BCUT2D eigenvalue weighted by Crippen LogP contribution is -2.39. The topological polar surface area (TPSA) is 113 Å². The molecule has 0 saturated carbocycles. The highest BCUT2D eigenvalue weighted by atomic mass is 32.2. The van der Waals surface area contributed by atoms with Crippen molar-refractivity contribution in [3.8, 4) is 22.6 Å². The van der Waals surface area contributed by atoms with Gasteiger partial charge in [0.05, 0.1) is 17.9 Å². The smallest absolute Gasteiger partial charge is 0.328 e. The van der Waals surface area contributed by atoms with Gasteiger partial charge in [0.1, 0.15) is 18.1 Å². The van der Waals surface area contributed by atoms with Crippen molar-refractivity contribution < 1.29 is 32.6 Å². The van der Waals surface area contributed by atoms with Crippen LogP contribution in [-0.4, -0.2) is 52.5 Å². The Hall–Kier alpha value is -4.83. The first kappa shape index (κ1) is 31.6. The molecule has 1 N–H and O–H groups in total. The molecule has 45 heavy (non-hydrogen) atoms. The van der Waals surface area contributed by atoms with E-state index in [1.807, 2.05) is 62.4 Å². The molecule has 4 aromatic rings. The largest absolute Gasteiger partial charge is 0.492 e. The number of anilines is 2. The number of amides is 2. The Balaban J connectivity index is 1.29. The third kappa shape index (κ3) is 6.96. The van der Waals surface area contributed by atoms with E-state index in [4.69, 9.17) is 14.6 Å². The van der Waals surface area contributed by atoms with Crippen molar-refractivity contribution in [3.05, 3.63) is 101 Å². The van der Waals surface area contributed by atoms with E-state index in [9.17, 15) is 18.0 Å². The molecule has 1 unspecified atom stereocenters. The molecule has 9 nitrogen and oxygen atoms in total. The number of hydrogen-bond acceptors (Lipinski definition) is 6. The highest BCUT2D eigenvalue weighted by Crippen LogP contribution is 2.38. The number of aryl methyl sites for hydroxylation is 2. The third-order valence-corrected chi connectivity index (χ3v) is 9.17. The highest BCUT2D eigenvalue weighted by molar-refractivity contribution is 7.90. The summed E-state index contributed by atoms with van der Waals surface area (Å²) in [6.07, 6.45) is 1.18. The molecular formula is C35H36N2O7S. The standard InChI is InChI=1S/C35H36N2O7S/c1-22-15-28(37(4)35(40)36(3)27-9-12-30(13-10-27)45(5,41)42)16-23(2)34(22)25-8-6-7-24(17-25)20-43-29-11-14-31-26(18-33(38)39)21-44-32(31)19-29/h6-17,19,26H,18,20-21H2,1-5H3,(H,38,39). The molecule has 0 saturated heterocycles. The number of nitrogens with zero attached hydrogens (tertiary/aromatic N) is 2. The number of carboxylic acid groups (broad SMARTS) is 1. The average molecular weight is 629 g/mol. The SMILES string of the molecule is Cc1cc(N(C)C(=O)N(C)c2ccc(S(C)(=O)=O)cc2)cc(C)c1-c1cccc(COc2ccc3c(c2)OCC3CC(=O)O)c1. The van der Waals surface area contributed by atoms with Crippen molar-refractivity contribution in [1.29, 1.82) is 0 Å². The van der Waals surface area contributed by atoms with E-state index in [0.29, 0.717) is 30.4 Å². The van der Waals surface area contributed by atoms with Crippen LogP contribution in [0, 0.1) is 13.8 Å². The van der Waals surface area contributed by atoms with Crippen LogP contribution in [0.3, 0.4) is 0 Å². The van der Waals surface area contributed by atoms with Gasteiger partial charge >= 0.3 is 12.0 Å². The van der Waals surface area contributed by atoms with Crippen molar-refractivity contribution >= 4 is 33.2 Å². The lowest BCUT2D eigenvalue weighted by atomic mass is 9.94. The van der Waals surface area contributed by atoms with Crippen molar-refractivity contribution in [2.45, 2.75) is 37.7 Å². The fourth-order valence-corrected chi connectivity index (χ4v) is 6.29. The molecule has 0 radical (unpaired) electrons. The zero-order chi connectivity index (χ0) is 32.5. The van der Waals surface area contributed by atoms with Crippen molar-refractivity contribution in [2.24, 2.45) is 0 Å². The molecule has 1 heterocycles. The minimum atomic E-state index is -3.33. The summed E-state index contributed by atoms with van der Waals surface area (Å²) in [6.45, 7) is 4.73. The van der Waals surface area contributed by atoms with Crippen LogP contribution in [0.1, 0.15) is 34.6 Å². The summed E-state index contributed by atoms with van der Waals surface area (Å²) in [5.41, 5.74) is 7.31. The van der Waals surface area contributed by atoms with Crippen LogP contribution in [0.25, 0.3) is 11.1 Å². The van der Waals surface area contributed by atoms with Gasteiger partial charge in [0, 0.05) is 49.3 Å². The van der Waals surface area contributed by atoms with Crippen LogP contribution < -0.4 is 19.3 Å². The number of carbonyl (C=O) groups excluding carboxylic acids is 1. The zero-order valence-electron chi connectivity index (χ0n) is 25.9. The number of carboxylic acids is 1. The first-order valence-corrected chi connectivity index (χ1v) is 16.3. The molecule has 1 aliphatic rings. The average Bonchev–Trinajstić information content (AvgIpc) is 3.39. The monoisotopic (exact) mass is 628 g/mol. The van der Waals surface area contributed by atoms with Gasteiger partial charge in [0.2, 0.25) is 0 Å². The molecule has 234 valence electrons. The maximum atomic E-state index is 13.3. The van der Waals surface area contributed by atoms with Gasteiger partial charge < -0.3 is 14.6 Å². The van der Waals surface area contributed by atoms with Crippen molar-refractivity contribution in [3.63, 3.8) is 0 Å². The Labute approximate surface area is 263 Å². The molecule has 0 aromatic heterocycles. The summed E-state index contributed by atoms with van der Waals surface area (Å²) < 4.78 is 35.4. The van der Waals surface area contributed by atoms with Crippen LogP contribution in [-0.2, 0) is 21.2 Å². The molecule has 4 aromatic carbocycles. The van der Waals surface area contributed by atoms with Crippen LogP contribution >= 0.6 is 0 Å². The van der Waals surface area contributed by atoms with Gasteiger partial charge in [0.15, 0.2) is 9.84 Å². The predicted molar refractivity (Wildman–Crippen MR) is 174 cm³/mol. The number of ether oxygens (including phenoxy) is 2. The molecule has 10 heteroatoms. The molecule has 0 aliphatic carbocycles. The minimum Gasteiger partial charge on any atom is -0.492 e. The molecule has 0 bridgehead atoms. The zero-order valence-corrected chi connectivity index (χ0v) is 26.7. The van der Waals surface area contributed by atoms with Gasteiger partial charge in [-0.25, -0.2) is 13.2 Å². The summed E-state index contributed by atoms with van der Waals surface area (Å²) in [5, 5.41) is 9.14. The summed E-state index contributed by atoms with van der Waals surface area (Å²) in [6, 6.07) is 23.6. The second kappa shape index (κ2) is 12.6. The van der Waals surface area contributed by atoms with Crippen LogP contribution in [0.15, 0.2) is 83.8 Å². The Kier molecular flexibility index (Phi) is 8.88. The Morgan fingerprint density at radius 3 is 2.22 bits per heavy atom. The van der Waals surface area contributed by atoms with Crippen molar-refractivity contribution in [2.75, 3.05) is 36.8 Å². The first-order valence-electron chi connectivity index (χ1n) is 14.4. The van der Waals surface area contributed by atoms with Crippen molar-refractivity contribution in [1.82, 2.24) is 0 Å². The molecular weight excluding hydrogens is 592 g/mol. The number of rotatable bonds is 9. The van der Waals surface area contributed by atoms with E-state index in [0.717, 1.165) is 45.3 Å². The number of urea groups is 1. The quantitative estimate of drug-likeness (QED) is 0.222. The first-order chi connectivity index (χ1) is 21.3. The second-order valence-corrected chi connectivity index (χ2v) is 13.4. The Bertz CT molecular complexity index is 1850. The van der Waals surface area contributed by atoms with Gasteiger partial charge in [-0.2, -0.15) is 0 Å². The molecule has 0 spiro atoms. The molecule has 5 rings (SSSR count). The maximum absolute atomic E-state index is 13.3. The summed E-state index contributed by atoms with van der Waals surface area (Å²) >= 11 is 0. The summed E-state index contributed by atoms with van der Waals surface area (Å²) in [7, 11) is 0.0410. The van der Waals surface area contributed by atoms with Gasteiger partial charge in [0.25, 0.3) is 0 Å². The maximum Gasteiger partial charge on any atom is 0.328 e. The van der Waals surface area contributed by atoms with Crippen LogP contribution in [0.5, 0.6) is 11.5 Å². The second-order valence-electron chi connectivity index (χ2n) is 11.4. The normalized spacial score (nSPS) is 13.9. The highest BCUT2D eigenvalue weighted by Gasteiger charge is 2.27. The molecule has 1 aliphatic heterocycles. The summed E-state index contributed by atoms with van der Waals surface area (Å²) in [5.74, 6) is 0.316. The fourth-order valence-electron chi connectivity index (χ4n) is 5.66. The fraction of sp³-hybridized carbons (Fsp3) is 0.257. The van der Waals surface area contributed by atoms with Gasteiger partial charge in [-0.05, 0) is 90.2 Å². The molecule has 1 atom stereocenters. The molecule has 2 amide bonds. The van der Waals surface area contributed by atoms with Gasteiger partial charge in [-0.1, -0.05) is 24.3 Å². The Morgan fingerprint density at radius 2 is 1.58 bits per heavy atom. The number of aliphatic carboxylic acids is 1. The number of fused-ring (bicyclic) bond motifs is 1. The summed E-state index contributed by atoms with van der Waals surface area (Å²) in [4.78, 5) is 27.7. The van der Waals surface area contributed by atoms with Crippen LogP contribution in [0.2, 0.25) is 0 Å². The van der Waals surface area contributed by atoms with E-state index in [1.165, 1.54) is 17.0 Å². The minimum absolute atomic E-state index is 0.0345. The van der Waals surface area contributed by atoms with Crippen LogP contribution in [0.4, 0.5) is 16.2 Å². The number of hydrogen-bond donors (Lipinski definition) is 1. The van der Waals surface area contributed by atoms with Gasteiger partial charge in [-0.3, -0.25) is 14.6 Å². The van der Waals surface area contributed by atoms with E-state index in [1.54, 1.807) is 31.1 Å².